The fourth-order valence-electron chi connectivity index (χ4n) is 3.47. The summed E-state index contributed by atoms with van der Waals surface area (Å²) in [6.45, 7) is 6.05. The lowest BCUT2D eigenvalue weighted by Gasteiger charge is -2.24. The van der Waals surface area contributed by atoms with E-state index in [0.29, 0.717) is 17.3 Å². The Labute approximate surface area is 120 Å². The van der Waals surface area contributed by atoms with Crippen LogP contribution in [0.2, 0.25) is 0 Å². The number of carbonyl (C=O) groups is 1. The normalized spacial score (nSPS) is 23.4. The van der Waals surface area contributed by atoms with E-state index in [2.05, 4.69) is 4.90 Å². The van der Waals surface area contributed by atoms with E-state index in [1.165, 1.54) is 25.9 Å². The minimum absolute atomic E-state index is 0.0993. The summed E-state index contributed by atoms with van der Waals surface area (Å²) in [5.74, 6) is 0.0993. The Balaban J connectivity index is 1.72. The predicted octanol–water partition coefficient (Wildman–Crippen LogP) is 1.89. The summed E-state index contributed by atoms with van der Waals surface area (Å²) >= 11 is 0. The molecule has 2 aliphatic heterocycles. The van der Waals surface area contributed by atoms with Crippen LogP contribution in [-0.4, -0.2) is 47.9 Å². The van der Waals surface area contributed by atoms with Crippen LogP contribution in [0.5, 0.6) is 0 Å². The number of nitrogens with two attached hydrogens (primary N) is 1. The number of nitrogens with zero attached hydrogens (tertiary/aromatic N) is 2. The van der Waals surface area contributed by atoms with Crippen molar-refractivity contribution in [3.63, 3.8) is 0 Å². The van der Waals surface area contributed by atoms with Gasteiger partial charge in [-0.15, -0.1) is 0 Å². The second kappa shape index (κ2) is 5.44. The monoisotopic (exact) mass is 273 g/mol. The quantitative estimate of drug-likeness (QED) is 0.837. The summed E-state index contributed by atoms with van der Waals surface area (Å²) < 4.78 is 0. The maximum Gasteiger partial charge on any atom is 0.256 e. The Kier molecular flexibility index (Phi) is 3.66. The third-order valence-electron chi connectivity index (χ3n) is 4.63. The molecule has 0 radical (unpaired) electrons. The molecule has 108 valence electrons. The van der Waals surface area contributed by atoms with Gasteiger partial charge in [0.2, 0.25) is 0 Å². The fraction of sp³-hybridized carbons (Fsp3) is 0.562. The van der Waals surface area contributed by atoms with Crippen LogP contribution in [0, 0.1) is 6.92 Å². The Morgan fingerprint density at radius 1 is 1.25 bits per heavy atom. The molecular formula is C16H23N3O. The van der Waals surface area contributed by atoms with Gasteiger partial charge >= 0.3 is 0 Å². The molecule has 0 saturated carbocycles. The van der Waals surface area contributed by atoms with Crippen LogP contribution in [0.15, 0.2) is 18.2 Å². The van der Waals surface area contributed by atoms with Gasteiger partial charge in [0.1, 0.15) is 0 Å². The molecule has 2 saturated heterocycles. The van der Waals surface area contributed by atoms with Gasteiger partial charge in [-0.05, 0) is 50.9 Å². The van der Waals surface area contributed by atoms with Gasteiger partial charge in [-0.1, -0.05) is 12.1 Å². The van der Waals surface area contributed by atoms with Gasteiger partial charge in [0, 0.05) is 24.8 Å². The SMILES string of the molecule is Cc1cccc(N)c1C(=O)N1CCC(N2CCCC2)C1. The molecule has 20 heavy (non-hydrogen) atoms. The molecule has 1 aromatic carbocycles. The van der Waals surface area contributed by atoms with Gasteiger partial charge in [0.05, 0.1) is 5.56 Å². The van der Waals surface area contributed by atoms with Crippen molar-refractivity contribution in [3.05, 3.63) is 29.3 Å². The first-order valence-corrected chi connectivity index (χ1v) is 7.55. The molecule has 2 fully saturated rings. The van der Waals surface area contributed by atoms with Crippen molar-refractivity contribution >= 4 is 11.6 Å². The lowest BCUT2D eigenvalue weighted by Crippen LogP contribution is -2.37. The van der Waals surface area contributed by atoms with E-state index in [9.17, 15) is 4.79 Å². The van der Waals surface area contributed by atoms with Crippen molar-refractivity contribution in [1.29, 1.82) is 0 Å². The second-order valence-electron chi connectivity index (χ2n) is 5.98. The highest BCUT2D eigenvalue weighted by molar-refractivity contribution is 6.00. The van der Waals surface area contributed by atoms with Gasteiger partial charge in [-0.25, -0.2) is 0 Å². The largest absolute Gasteiger partial charge is 0.398 e. The number of rotatable bonds is 2. The lowest BCUT2D eigenvalue weighted by molar-refractivity contribution is 0.0780. The summed E-state index contributed by atoms with van der Waals surface area (Å²) in [5.41, 5.74) is 8.25. The minimum Gasteiger partial charge on any atom is -0.398 e. The van der Waals surface area contributed by atoms with E-state index < -0.39 is 0 Å². The second-order valence-corrected chi connectivity index (χ2v) is 5.98. The van der Waals surface area contributed by atoms with Crippen molar-refractivity contribution in [3.8, 4) is 0 Å². The molecule has 1 amide bonds. The van der Waals surface area contributed by atoms with Crippen LogP contribution < -0.4 is 5.73 Å². The number of aryl methyl sites for hydroxylation is 1. The molecule has 1 aromatic rings. The third kappa shape index (κ3) is 2.40. The molecule has 3 rings (SSSR count). The Bertz CT molecular complexity index is 488. The molecule has 2 N–H and O–H groups in total. The molecule has 0 aliphatic carbocycles. The summed E-state index contributed by atoms with van der Waals surface area (Å²) in [5, 5.41) is 0. The molecule has 4 nitrogen and oxygen atoms in total. The molecule has 1 unspecified atom stereocenters. The summed E-state index contributed by atoms with van der Waals surface area (Å²) in [7, 11) is 0. The molecule has 4 heteroatoms. The number of likely N-dealkylation sites (tertiary alicyclic amines) is 2. The molecule has 0 aromatic heterocycles. The number of anilines is 1. The van der Waals surface area contributed by atoms with Crippen molar-refractivity contribution in [2.24, 2.45) is 0 Å². The van der Waals surface area contributed by atoms with Crippen molar-refractivity contribution in [2.75, 3.05) is 31.9 Å². The van der Waals surface area contributed by atoms with E-state index in [-0.39, 0.29) is 5.91 Å². The Hall–Kier alpha value is -1.55. The maximum atomic E-state index is 12.7. The minimum atomic E-state index is 0.0993. The first-order valence-electron chi connectivity index (χ1n) is 7.55. The average molecular weight is 273 g/mol. The molecule has 2 aliphatic rings. The zero-order valence-corrected chi connectivity index (χ0v) is 12.1. The Morgan fingerprint density at radius 2 is 2.00 bits per heavy atom. The third-order valence-corrected chi connectivity index (χ3v) is 4.63. The van der Waals surface area contributed by atoms with Crippen LogP contribution in [0.25, 0.3) is 0 Å². The standard InChI is InChI=1S/C16H23N3O/c1-12-5-4-6-14(17)15(12)16(20)19-10-7-13(11-19)18-8-2-3-9-18/h4-6,13H,2-3,7-11,17H2,1H3. The summed E-state index contributed by atoms with van der Waals surface area (Å²) in [6, 6.07) is 6.22. The van der Waals surface area contributed by atoms with Crippen LogP contribution in [-0.2, 0) is 0 Å². The van der Waals surface area contributed by atoms with E-state index in [0.717, 1.165) is 25.1 Å². The highest BCUT2D eigenvalue weighted by Gasteiger charge is 2.32. The smallest absolute Gasteiger partial charge is 0.256 e. The number of carbonyl (C=O) groups excluding carboxylic acids is 1. The lowest BCUT2D eigenvalue weighted by atomic mass is 10.1. The number of hydrogen-bond acceptors (Lipinski definition) is 3. The summed E-state index contributed by atoms with van der Waals surface area (Å²) in [4.78, 5) is 17.2. The van der Waals surface area contributed by atoms with Gasteiger partial charge in [-0.3, -0.25) is 9.69 Å². The molecule has 1 atom stereocenters. The van der Waals surface area contributed by atoms with E-state index in [1.54, 1.807) is 0 Å². The zero-order valence-electron chi connectivity index (χ0n) is 12.1. The van der Waals surface area contributed by atoms with Crippen molar-refractivity contribution in [2.45, 2.75) is 32.2 Å². The number of benzene rings is 1. The maximum absolute atomic E-state index is 12.7. The van der Waals surface area contributed by atoms with E-state index in [4.69, 9.17) is 5.73 Å². The Morgan fingerprint density at radius 3 is 2.70 bits per heavy atom. The topological polar surface area (TPSA) is 49.6 Å². The van der Waals surface area contributed by atoms with Gasteiger partial charge in [0.15, 0.2) is 0 Å². The number of hydrogen-bond donors (Lipinski definition) is 1. The van der Waals surface area contributed by atoms with E-state index in [1.807, 2.05) is 30.0 Å². The highest BCUT2D eigenvalue weighted by atomic mass is 16.2. The molecular weight excluding hydrogens is 250 g/mol. The fourth-order valence-corrected chi connectivity index (χ4v) is 3.47. The first-order chi connectivity index (χ1) is 9.66. The van der Waals surface area contributed by atoms with Crippen molar-refractivity contribution < 1.29 is 4.79 Å². The van der Waals surface area contributed by atoms with Crippen LogP contribution in [0.4, 0.5) is 5.69 Å². The summed E-state index contributed by atoms with van der Waals surface area (Å²) in [6.07, 6.45) is 3.70. The van der Waals surface area contributed by atoms with E-state index >= 15 is 0 Å². The average Bonchev–Trinajstić information content (AvgIpc) is 3.09. The molecule has 0 bridgehead atoms. The molecule has 0 spiro atoms. The van der Waals surface area contributed by atoms with Gasteiger partial charge in [0.25, 0.3) is 5.91 Å². The van der Waals surface area contributed by atoms with Gasteiger partial charge < -0.3 is 10.6 Å². The predicted molar refractivity (Wildman–Crippen MR) is 80.7 cm³/mol. The van der Waals surface area contributed by atoms with Crippen LogP contribution in [0.1, 0.15) is 35.2 Å². The van der Waals surface area contributed by atoms with Gasteiger partial charge in [-0.2, -0.15) is 0 Å². The van der Waals surface area contributed by atoms with Crippen LogP contribution in [0.3, 0.4) is 0 Å². The number of amides is 1. The van der Waals surface area contributed by atoms with Crippen molar-refractivity contribution in [1.82, 2.24) is 9.80 Å². The number of nitrogen functional groups attached to an aromatic ring is 1. The molecule has 2 heterocycles. The van der Waals surface area contributed by atoms with Crippen LogP contribution >= 0.6 is 0 Å². The first kappa shape index (κ1) is 13.4. The zero-order chi connectivity index (χ0) is 14.1. The highest BCUT2D eigenvalue weighted by Crippen LogP contribution is 2.24.